The van der Waals surface area contributed by atoms with Gasteiger partial charge in [-0.2, -0.15) is 4.98 Å². The second-order valence-electron chi connectivity index (χ2n) is 4.82. The summed E-state index contributed by atoms with van der Waals surface area (Å²) in [7, 11) is 0. The maximum absolute atomic E-state index is 5.84. The van der Waals surface area contributed by atoms with Crippen molar-refractivity contribution in [2.75, 3.05) is 24.2 Å². The van der Waals surface area contributed by atoms with Crippen LogP contribution in [0.3, 0.4) is 0 Å². The van der Waals surface area contributed by atoms with E-state index in [2.05, 4.69) is 15.3 Å². The molecule has 1 aliphatic rings. The van der Waals surface area contributed by atoms with Gasteiger partial charge < -0.3 is 15.8 Å². The van der Waals surface area contributed by atoms with Crippen molar-refractivity contribution in [1.82, 2.24) is 9.97 Å². The lowest BCUT2D eigenvalue weighted by Crippen LogP contribution is -2.21. The van der Waals surface area contributed by atoms with Gasteiger partial charge in [-0.05, 0) is 19.8 Å². The van der Waals surface area contributed by atoms with Crippen LogP contribution in [-0.2, 0) is 4.74 Å². The smallest absolute Gasteiger partial charge is 0.221 e. The van der Waals surface area contributed by atoms with Crippen LogP contribution in [0.4, 0.5) is 11.8 Å². The molecule has 0 unspecified atom stereocenters. The highest BCUT2D eigenvalue weighted by molar-refractivity contribution is 5.44. The molecule has 1 heterocycles. The van der Waals surface area contributed by atoms with Crippen molar-refractivity contribution < 1.29 is 4.74 Å². The molecule has 1 saturated carbocycles. The molecule has 0 aromatic carbocycles. The number of ether oxygens (including phenoxy) is 1. The fourth-order valence-electron chi connectivity index (χ4n) is 2.26. The molecule has 1 aromatic heterocycles. The molecule has 1 aliphatic carbocycles. The summed E-state index contributed by atoms with van der Waals surface area (Å²) in [5.41, 5.74) is 6.56. The molecule has 0 radical (unpaired) electrons. The summed E-state index contributed by atoms with van der Waals surface area (Å²) in [5, 5.41) is 3.24. The van der Waals surface area contributed by atoms with E-state index in [1.807, 2.05) is 6.92 Å². The van der Waals surface area contributed by atoms with E-state index in [0.29, 0.717) is 18.7 Å². The Morgan fingerprint density at radius 2 is 2.17 bits per heavy atom. The maximum atomic E-state index is 5.84. The SMILES string of the molecule is Cc1cnc(N)nc1NCCOC1CCCCC1. The van der Waals surface area contributed by atoms with Gasteiger partial charge in [0.25, 0.3) is 0 Å². The van der Waals surface area contributed by atoms with Crippen molar-refractivity contribution in [1.29, 1.82) is 0 Å². The minimum absolute atomic E-state index is 0.302. The van der Waals surface area contributed by atoms with Gasteiger partial charge in [0, 0.05) is 18.3 Å². The number of nitrogens with two attached hydrogens (primary N) is 1. The highest BCUT2D eigenvalue weighted by Crippen LogP contribution is 2.20. The predicted molar refractivity (Wildman–Crippen MR) is 72.5 cm³/mol. The Bertz CT molecular complexity index is 377. The lowest BCUT2D eigenvalue weighted by atomic mass is 9.98. The van der Waals surface area contributed by atoms with Gasteiger partial charge in [-0.25, -0.2) is 4.98 Å². The van der Waals surface area contributed by atoms with Crippen LogP contribution >= 0.6 is 0 Å². The average molecular weight is 250 g/mol. The van der Waals surface area contributed by atoms with Crippen molar-refractivity contribution in [2.45, 2.75) is 45.1 Å². The first-order chi connectivity index (χ1) is 8.75. The van der Waals surface area contributed by atoms with E-state index in [9.17, 15) is 0 Å². The molecule has 3 N–H and O–H groups in total. The van der Waals surface area contributed by atoms with E-state index < -0.39 is 0 Å². The standard InChI is InChI=1S/C13H22N4O/c1-10-9-16-13(14)17-12(10)15-7-8-18-11-5-3-2-4-6-11/h9,11H,2-8H2,1H3,(H3,14,15,16,17). The Labute approximate surface area is 108 Å². The summed E-state index contributed by atoms with van der Waals surface area (Å²) < 4.78 is 5.84. The highest BCUT2D eigenvalue weighted by atomic mass is 16.5. The normalized spacial score (nSPS) is 16.7. The number of rotatable bonds is 5. The molecule has 100 valence electrons. The Hall–Kier alpha value is -1.36. The molecule has 0 saturated heterocycles. The second kappa shape index (κ2) is 6.54. The largest absolute Gasteiger partial charge is 0.376 e. The number of aromatic nitrogens is 2. The number of hydrogen-bond acceptors (Lipinski definition) is 5. The third-order valence-corrected chi connectivity index (χ3v) is 3.29. The first-order valence-electron chi connectivity index (χ1n) is 6.70. The van der Waals surface area contributed by atoms with Gasteiger partial charge in [-0.15, -0.1) is 0 Å². The van der Waals surface area contributed by atoms with Crippen LogP contribution < -0.4 is 11.1 Å². The van der Waals surface area contributed by atoms with Crippen molar-refractivity contribution in [2.24, 2.45) is 0 Å². The Morgan fingerprint density at radius 3 is 2.94 bits per heavy atom. The molecule has 0 aliphatic heterocycles. The lowest BCUT2D eigenvalue weighted by molar-refractivity contribution is 0.0347. The van der Waals surface area contributed by atoms with E-state index in [1.165, 1.54) is 32.1 Å². The van der Waals surface area contributed by atoms with Crippen molar-refractivity contribution in [3.8, 4) is 0 Å². The fourth-order valence-corrected chi connectivity index (χ4v) is 2.26. The van der Waals surface area contributed by atoms with Gasteiger partial charge in [0.15, 0.2) is 0 Å². The summed E-state index contributed by atoms with van der Waals surface area (Å²) in [5.74, 6) is 1.10. The van der Waals surface area contributed by atoms with E-state index in [-0.39, 0.29) is 0 Å². The van der Waals surface area contributed by atoms with E-state index in [4.69, 9.17) is 10.5 Å². The van der Waals surface area contributed by atoms with Gasteiger partial charge in [0.1, 0.15) is 5.82 Å². The monoisotopic (exact) mass is 250 g/mol. The van der Waals surface area contributed by atoms with E-state index >= 15 is 0 Å². The summed E-state index contributed by atoms with van der Waals surface area (Å²) in [4.78, 5) is 8.09. The fraction of sp³-hybridized carbons (Fsp3) is 0.692. The number of nitrogens with zero attached hydrogens (tertiary/aromatic N) is 2. The molecule has 1 fully saturated rings. The molecular weight excluding hydrogens is 228 g/mol. The van der Waals surface area contributed by atoms with Gasteiger partial charge in [-0.3, -0.25) is 0 Å². The third-order valence-electron chi connectivity index (χ3n) is 3.29. The lowest BCUT2D eigenvalue weighted by Gasteiger charge is -2.22. The van der Waals surface area contributed by atoms with Crippen LogP contribution in [-0.4, -0.2) is 29.2 Å². The molecular formula is C13H22N4O. The maximum Gasteiger partial charge on any atom is 0.221 e. The molecule has 0 spiro atoms. The van der Waals surface area contributed by atoms with Crippen molar-refractivity contribution >= 4 is 11.8 Å². The van der Waals surface area contributed by atoms with Crippen LogP contribution in [0.15, 0.2) is 6.20 Å². The third kappa shape index (κ3) is 3.84. The van der Waals surface area contributed by atoms with Gasteiger partial charge in [0.2, 0.25) is 5.95 Å². The number of anilines is 2. The number of nitrogens with one attached hydrogen (secondary N) is 1. The van der Waals surface area contributed by atoms with Gasteiger partial charge in [0.05, 0.1) is 12.7 Å². The van der Waals surface area contributed by atoms with Gasteiger partial charge >= 0.3 is 0 Å². The molecule has 0 bridgehead atoms. The molecule has 18 heavy (non-hydrogen) atoms. The molecule has 2 rings (SSSR count). The van der Waals surface area contributed by atoms with Crippen molar-refractivity contribution in [3.63, 3.8) is 0 Å². The average Bonchev–Trinajstić information content (AvgIpc) is 2.40. The van der Waals surface area contributed by atoms with Gasteiger partial charge in [-0.1, -0.05) is 19.3 Å². The highest BCUT2D eigenvalue weighted by Gasteiger charge is 2.13. The minimum Gasteiger partial charge on any atom is -0.376 e. The van der Waals surface area contributed by atoms with Crippen molar-refractivity contribution in [3.05, 3.63) is 11.8 Å². The first kappa shape index (κ1) is 13.1. The van der Waals surface area contributed by atoms with Crippen LogP contribution in [0.1, 0.15) is 37.7 Å². The molecule has 0 amide bonds. The zero-order valence-corrected chi connectivity index (χ0v) is 11.0. The predicted octanol–water partition coefficient (Wildman–Crippen LogP) is 2.13. The Morgan fingerprint density at radius 1 is 1.39 bits per heavy atom. The zero-order chi connectivity index (χ0) is 12.8. The minimum atomic E-state index is 0.302. The van der Waals surface area contributed by atoms with E-state index in [1.54, 1.807) is 6.20 Å². The number of nitrogen functional groups attached to an aromatic ring is 1. The topological polar surface area (TPSA) is 73.1 Å². The van der Waals surface area contributed by atoms with Crippen LogP contribution in [0.5, 0.6) is 0 Å². The summed E-state index contributed by atoms with van der Waals surface area (Å²) >= 11 is 0. The molecule has 0 atom stereocenters. The Kier molecular flexibility index (Phi) is 4.75. The summed E-state index contributed by atoms with van der Waals surface area (Å²) in [6.07, 6.45) is 8.57. The summed E-state index contributed by atoms with van der Waals surface area (Å²) in [6, 6.07) is 0. The second-order valence-corrected chi connectivity index (χ2v) is 4.82. The summed E-state index contributed by atoms with van der Waals surface area (Å²) in [6.45, 7) is 3.44. The zero-order valence-electron chi connectivity index (χ0n) is 11.0. The Balaban J connectivity index is 1.69. The quantitative estimate of drug-likeness (QED) is 0.783. The molecule has 1 aromatic rings. The molecule has 5 heteroatoms. The van der Waals surface area contributed by atoms with Crippen LogP contribution in [0, 0.1) is 6.92 Å². The number of aryl methyl sites for hydroxylation is 1. The van der Waals surface area contributed by atoms with Crippen LogP contribution in [0.25, 0.3) is 0 Å². The van der Waals surface area contributed by atoms with E-state index in [0.717, 1.165) is 17.9 Å². The molecule has 5 nitrogen and oxygen atoms in total. The first-order valence-corrected chi connectivity index (χ1v) is 6.70. The van der Waals surface area contributed by atoms with Crippen LogP contribution in [0.2, 0.25) is 0 Å². The number of hydrogen-bond donors (Lipinski definition) is 2.